The third-order valence-electron chi connectivity index (χ3n) is 1.72. The molecule has 0 heterocycles. The summed E-state index contributed by atoms with van der Waals surface area (Å²) in [5, 5.41) is 11.2. The first kappa shape index (κ1) is 12.9. The molecule has 82 valence electrons. The van der Waals surface area contributed by atoms with Crippen LogP contribution in [0.25, 0.3) is 0 Å². The second-order valence-corrected chi connectivity index (χ2v) is 3.43. The smallest absolute Gasteiger partial charge is 0.326 e. The third-order valence-corrected chi connectivity index (χ3v) is 1.72. The molecule has 4 N–H and O–H groups in total. The molecule has 0 saturated carbocycles. The zero-order valence-corrected chi connectivity index (χ0v) is 8.62. The van der Waals surface area contributed by atoms with Gasteiger partial charge in [0.2, 0.25) is 5.91 Å². The topological polar surface area (TPSA) is 92.4 Å². The fraction of sp³-hybridized carbons (Fsp3) is 0.778. The van der Waals surface area contributed by atoms with Crippen LogP contribution >= 0.6 is 0 Å². The molecular weight excluding hydrogens is 184 g/mol. The molecule has 2 unspecified atom stereocenters. The van der Waals surface area contributed by atoms with Gasteiger partial charge in [0.1, 0.15) is 6.04 Å². The van der Waals surface area contributed by atoms with E-state index in [1.54, 1.807) is 6.92 Å². The molecule has 0 radical (unpaired) electrons. The molecular formula is C9H18N2O3. The van der Waals surface area contributed by atoms with E-state index in [0.29, 0.717) is 6.42 Å². The molecule has 0 aliphatic rings. The van der Waals surface area contributed by atoms with Crippen molar-refractivity contribution in [3.63, 3.8) is 0 Å². The summed E-state index contributed by atoms with van der Waals surface area (Å²) < 4.78 is 0. The molecule has 0 fully saturated rings. The molecule has 0 bridgehead atoms. The Kier molecular flexibility index (Phi) is 5.87. The van der Waals surface area contributed by atoms with Gasteiger partial charge in [-0.3, -0.25) is 4.79 Å². The van der Waals surface area contributed by atoms with E-state index in [2.05, 4.69) is 5.32 Å². The van der Waals surface area contributed by atoms with Gasteiger partial charge in [-0.1, -0.05) is 13.3 Å². The lowest BCUT2D eigenvalue weighted by molar-refractivity contribution is -0.142. The van der Waals surface area contributed by atoms with Gasteiger partial charge in [-0.2, -0.15) is 0 Å². The fourth-order valence-electron chi connectivity index (χ4n) is 1.09. The van der Waals surface area contributed by atoms with Crippen LogP contribution in [0.15, 0.2) is 0 Å². The second-order valence-electron chi connectivity index (χ2n) is 3.43. The van der Waals surface area contributed by atoms with Crippen molar-refractivity contribution in [2.75, 3.05) is 0 Å². The van der Waals surface area contributed by atoms with Crippen LogP contribution in [0.3, 0.4) is 0 Å². The normalized spacial score (nSPS) is 14.5. The standard InChI is InChI=1S/C9H18N2O3/c1-3-4-7(9(13)14)11-8(12)5-6(2)10/h6-7H,3-5,10H2,1-2H3,(H,11,12)(H,13,14). The summed E-state index contributed by atoms with van der Waals surface area (Å²) >= 11 is 0. The summed E-state index contributed by atoms with van der Waals surface area (Å²) in [6.07, 6.45) is 1.32. The molecule has 2 atom stereocenters. The lowest BCUT2D eigenvalue weighted by Crippen LogP contribution is -2.42. The van der Waals surface area contributed by atoms with Crippen molar-refractivity contribution < 1.29 is 14.7 Å². The minimum Gasteiger partial charge on any atom is -0.480 e. The zero-order chi connectivity index (χ0) is 11.1. The number of aliphatic carboxylic acids is 1. The summed E-state index contributed by atoms with van der Waals surface area (Å²) in [7, 11) is 0. The maximum Gasteiger partial charge on any atom is 0.326 e. The van der Waals surface area contributed by atoms with Crippen LogP contribution < -0.4 is 11.1 Å². The zero-order valence-electron chi connectivity index (χ0n) is 8.62. The van der Waals surface area contributed by atoms with Gasteiger partial charge in [0.15, 0.2) is 0 Å². The molecule has 0 aromatic heterocycles. The number of hydrogen-bond acceptors (Lipinski definition) is 3. The Morgan fingerprint density at radius 1 is 1.50 bits per heavy atom. The largest absolute Gasteiger partial charge is 0.480 e. The molecule has 0 spiro atoms. The van der Waals surface area contributed by atoms with Crippen LogP contribution in [-0.2, 0) is 9.59 Å². The molecule has 0 aromatic rings. The van der Waals surface area contributed by atoms with Crippen molar-refractivity contribution in [2.45, 2.75) is 45.2 Å². The summed E-state index contributed by atoms with van der Waals surface area (Å²) in [6.45, 7) is 3.57. The second kappa shape index (κ2) is 6.37. The Morgan fingerprint density at radius 2 is 2.07 bits per heavy atom. The molecule has 1 amide bonds. The van der Waals surface area contributed by atoms with Gasteiger partial charge < -0.3 is 16.2 Å². The quantitative estimate of drug-likeness (QED) is 0.569. The Hall–Kier alpha value is -1.10. The van der Waals surface area contributed by atoms with E-state index >= 15 is 0 Å². The van der Waals surface area contributed by atoms with E-state index in [1.165, 1.54) is 0 Å². The number of hydrogen-bond donors (Lipinski definition) is 3. The monoisotopic (exact) mass is 202 g/mol. The van der Waals surface area contributed by atoms with Crippen molar-refractivity contribution in [1.29, 1.82) is 0 Å². The van der Waals surface area contributed by atoms with Crippen LogP contribution in [0.5, 0.6) is 0 Å². The first-order valence-electron chi connectivity index (χ1n) is 4.75. The Bertz CT molecular complexity index is 204. The van der Waals surface area contributed by atoms with E-state index in [0.717, 1.165) is 6.42 Å². The van der Waals surface area contributed by atoms with Gasteiger partial charge in [0.05, 0.1) is 0 Å². The molecule has 0 aromatic carbocycles. The number of rotatable bonds is 6. The highest BCUT2D eigenvalue weighted by Gasteiger charge is 2.18. The van der Waals surface area contributed by atoms with Crippen LogP contribution in [0.2, 0.25) is 0 Å². The van der Waals surface area contributed by atoms with Gasteiger partial charge >= 0.3 is 5.97 Å². The van der Waals surface area contributed by atoms with Crippen LogP contribution in [-0.4, -0.2) is 29.1 Å². The van der Waals surface area contributed by atoms with Crippen molar-refractivity contribution in [2.24, 2.45) is 5.73 Å². The number of carboxylic acids is 1. The number of carbonyl (C=O) groups is 2. The number of amides is 1. The fourth-order valence-corrected chi connectivity index (χ4v) is 1.09. The molecule has 0 aliphatic heterocycles. The average Bonchev–Trinajstić information content (AvgIpc) is 2.01. The van der Waals surface area contributed by atoms with Crippen molar-refractivity contribution in [3.8, 4) is 0 Å². The number of nitrogens with two attached hydrogens (primary N) is 1. The van der Waals surface area contributed by atoms with Gasteiger partial charge in [-0.05, 0) is 13.3 Å². The lowest BCUT2D eigenvalue weighted by atomic mass is 10.1. The van der Waals surface area contributed by atoms with Gasteiger partial charge in [-0.15, -0.1) is 0 Å². The first-order valence-corrected chi connectivity index (χ1v) is 4.75. The molecule has 5 heteroatoms. The maximum absolute atomic E-state index is 11.2. The van der Waals surface area contributed by atoms with Crippen LogP contribution in [0.4, 0.5) is 0 Å². The Balaban J connectivity index is 4.02. The van der Waals surface area contributed by atoms with E-state index in [-0.39, 0.29) is 18.4 Å². The first-order chi connectivity index (χ1) is 6.47. The highest BCUT2D eigenvalue weighted by atomic mass is 16.4. The maximum atomic E-state index is 11.2. The lowest BCUT2D eigenvalue weighted by Gasteiger charge is -2.14. The summed E-state index contributed by atoms with van der Waals surface area (Å²) in [5.41, 5.74) is 5.41. The molecule has 5 nitrogen and oxygen atoms in total. The summed E-state index contributed by atoms with van der Waals surface area (Å²) in [4.78, 5) is 21.9. The minimum atomic E-state index is -0.995. The molecule has 14 heavy (non-hydrogen) atoms. The SMILES string of the molecule is CCCC(NC(=O)CC(C)N)C(=O)O. The van der Waals surface area contributed by atoms with Crippen molar-refractivity contribution in [3.05, 3.63) is 0 Å². The number of nitrogens with one attached hydrogen (secondary N) is 1. The van der Waals surface area contributed by atoms with Crippen LogP contribution in [0, 0.1) is 0 Å². The molecule has 0 rings (SSSR count). The Morgan fingerprint density at radius 3 is 2.43 bits per heavy atom. The molecule has 0 aliphatic carbocycles. The Labute approximate surface area is 83.7 Å². The van der Waals surface area contributed by atoms with E-state index in [4.69, 9.17) is 10.8 Å². The summed E-state index contributed by atoms with van der Waals surface area (Å²) in [5.74, 6) is -1.30. The highest BCUT2D eigenvalue weighted by Crippen LogP contribution is 1.98. The number of carboxylic acid groups (broad SMARTS) is 1. The summed E-state index contributed by atoms with van der Waals surface area (Å²) in [6, 6.07) is -1.03. The van der Waals surface area contributed by atoms with Gasteiger partial charge in [0, 0.05) is 12.5 Å². The van der Waals surface area contributed by atoms with Gasteiger partial charge in [0.25, 0.3) is 0 Å². The van der Waals surface area contributed by atoms with Crippen molar-refractivity contribution in [1.82, 2.24) is 5.32 Å². The van der Waals surface area contributed by atoms with E-state index in [9.17, 15) is 9.59 Å². The van der Waals surface area contributed by atoms with Crippen molar-refractivity contribution >= 4 is 11.9 Å². The van der Waals surface area contributed by atoms with E-state index in [1.807, 2.05) is 6.92 Å². The van der Waals surface area contributed by atoms with E-state index < -0.39 is 12.0 Å². The highest BCUT2D eigenvalue weighted by molar-refractivity contribution is 5.83. The third kappa shape index (κ3) is 5.53. The predicted octanol–water partition coefficient (Wildman–Crippen LogP) is 0.0932. The van der Waals surface area contributed by atoms with Crippen LogP contribution in [0.1, 0.15) is 33.1 Å². The average molecular weight is 202 g/mol. The molecule has 0 saturated heterocycles. The number of carbonyl (C=O) groups excluding carboxylic acids is 1. The van der Waals surface area contributed by atoms with Gasteiger partial charge in [-0.25, -0.2) is 4.79 Å². The minimum absolute atomic E-state index is 0.160. The predicted molar refractivity (Wildman–Crippen MR) is 52.7 cm³/mol.